The van der Waals surface area contributed by atoms with Crippen molar-refractivity contribution in [3.8, 4) is 0 Å². The van der Waals surface area contributed by atoms with Gasteiger partial charge in [-0.1, -0.05) is 0 Å². The van der Waals surface area contributed by atoms with Crippen LogP contribution in [0.5, 0.6) is 0 Å². The molecule has 0 saturated carbocycles. The zero-order valence-corrected chi connectivity index (χ0v) is 11.7. The minimum Gasteiger partial charge on any atom is -0.444 e. The first kappa shape index (κ1) is 17.2. The molecule has 0 bridgehead atoms. The van der Waals surface area contributed by atoms with Crippen molar-refractivity contribution in [2.24, 2.45) is 5.73 Å². The Labute approximate surface area is 109 Å². The molecule has 0 rings (SSSR count). The number of nitrogens with one attached hydrogen (secondary N) is 2. The van der Waals surface area contributed by atoms with Gasteiger partial charge in [0, 0.05) is 25.7 Å². The summed E-state index contributed by atoms with van der Waals surface area (Å²) in [4.78, 5) is 11.4. The Morgan fingerprint density at radius 2 is 2.06 bits per heavy atom. The summed E-state index contributed by atoms with van der Waals surface area (Å²) in [7, 11) is 0. The van der Waals surface area contributed by atoms with Crippen LogP contribution in [-0.4, -0.2) is 49.1 Å². The zero-order valence-electron chi connectivity index (χ0n) is 11.7. The first-order valence-corrected chi connectivity index (χ1v) is 6.40. The van der Waals surface area contributed by atoms with Crippen molar-refractivity contribution in [3.05, 3.63) is 0 Å². The molecule has 6 nitrogen and oxygen atoms in total. The largest absolute Gasteiger partial charge is 0.444 e. The number of amides is 1. The fraction of sp³-hybridized carbons (Fsp3) is 0.917. The van der Waals surface area contributed by atoms with Gasteiger partial charge in [-0.05, 0) is 40.2 Å². The van der Waals surface area contributed by atoms with Crippen LogP contribution in [0.3, 0.4) is 0 Å². The SMILES string of the molecule is CC(C)(C)OC(=O)NCC(CN)NCCCCO. The van der Waals surface area contributed by atoms with E-state index in [9.17, 15) is 4.79 Å². The molecule has 18 heavy (non-hydrogen) atoms. The summed E-state index contributed by atoms with van der Waals surface area (Å²) in [6, 6.07) is 0.0243. The highest BCUT2D eigenvalue weighted by Crippen LogP contribution is 2.06. The number of aliphatic hydroxyl groups is 1. The third-order valence-corrected chi connectivity index (χ3v) is 2.19. The van der Waals surface area contributed by atoms with E-state index in [0.29, 0.717) is 13.1 Å². The number of carbonyl (C=O) groups excluding carboxylic acids is 1. The van der Waals surface area contributed by atoms with Crippen LogP contribution in [0.2, 0.25) is 0 Å². The van der Waals surface area contributed by atoms with Crippen molar-refractivity contribution in [1.82, 2.24) is 10.6 Å². The average molecular weight is 261 g/mol. The van der Waals surface area contributed by atoms with E-state index in [0.717, 1.165) is 19.4 Å². The molecule has 108 valence electrons. The maximum Gasteiger partial charge on any atom is 0.407 e. The zero-order chi connectivity index (χ0) is 14.0. The Morgan fingerprint density at radius 3 is 2.56 bits per heavy atom. The first-order valence-electron chi connectivity index (χ1n) is 6.40. The molecule has 0 heterocycles. The van der Waals surface area contributed by atoms with Gasteiger partial charge < -0.3 is 26.2 Å². The summed E-state index contributed by atoms with van der Waals surface area (Å²) < 4.78 is 5.12. The van der Waals surface area contributed by atoms with E-state index in [-0.39, 0.29) is 12.6 Å². The molecule has 1 amide bonds. The molecule has 1 unspecified atom stereocenters. The highest BCUT2D eigenvalue weighted by Gasteiger charge is 2.16. The van der Waals surface area contributed by atoms with Crippen LogP contribution in [0.15, 0.2) is 0 Å². The lowest BCUT2D eigenvalue weighted by Crippen LogP contribution is -2.46. The van der Waals surface area contributed by atoms with E-state index in [1.54, 1.807) is 0 Å². The van der Waals surface area contributed by atoms with Crippen LogP contribution >= 0.6 is 0 Å². The second kappa shape index (κ2) is 9.13. The molecule has 0 aromatic rings. The van der Waals surface area contributed by atoms with E-state index in [1.165, 1.54) is 0 Å². The van der Waals surface area contributed by atoms with Gasteiger partial charge in [0.05, 0.1) is 0 Å². The van der Waals surface area contributed by atoms with Gasteiger partial charge in [0.2, 0.25) is 0 Å². The molecule has 0 aliphatic rings. The van der Waals surface area contributed by atoms with Gasteiger partial charge >= 0.3 is 6.09 Å². The monoisotopic (exact) mass is 261 g/mol. The van der Waals surface area contributed by atoms with Gasteiger partial charge in [-0.3, -0.25) is 0 Å². The van der Waals surface area contributed by atoms with Crippen molar-refractivity contribution < 1.29 is 14.6 Å². The number of rotatable bonds is 8. The van der Waals surface area contributed by atoms with E-state index in [2.05, 4.69) is 10.6 Å². The lowest BCUT2D eigenvalue weighted by Gasteiger charge is -2.22. The van der Waals surface area contributed by atoms with Crippen LogP contribution in [0.4, 0.5) is 4.79 Å². The molecule has 0 aromatic heterocycles. The third-order valence-electron chi connectivity index (χ3n) is 2.19. The summed E-state index contributed by atoms with van der Waals surface area (Å²) in [5.41, 5.74) is 5.11. The van der Waals surface area contributed by atoms with Gasteiger partial charge in [0.1, 0.15) is 5.60 Å². The summed E-state index contributed by atoms with van der Waals surface area (Å²) in [5, 5.41) is 14.5. The molecule has 0 radical (unpaired) electrons. The lowest BCUT2D eigenvalue weighted by molar-refractivity contribution is 0.0523. The predicted molar refractivity (Wildman–Crippen MR) is 71.4 cm³/mol. The molecule has 5 N–H and O–H groups in total. The molecule has 0 saturated heterocycles. The lowest BCUT2D eigenvalue weighted by atomic mass is 10.2. The Morgan fingerprint density at radius 1 is 1.39 bits per heavy atom. The van der Waals surface area contributed by atoms with E-state index in [4.69, 9.17) is 15.6 Å². The second-order valence-corrected chi connectivity index (χ2v) is 5.20. The van der Waals surface area contributed by atoms with Gasteiger partial charge in [0.25, 0.3) is 0 Å². The van der Waals surface area contributed by atoms with Gasteiger partial charge in [-0.15, -0.1) is 0 Å². The summed E-state index contributed by atoms with van der Waals surface area (Å²) in [6.45, 7) is 7.31. The van der Waals surface area contributed by atoms with Crippen molar-refractivity contribution >= 4 is 6.09 Å². The fourth-order valence-electron chi connectivity index (χ4n) is 1.30. The van der Waals surface area contributed by atoms with Crippen LogP contribution in [0.1, 0.15) is 33.6 Å². The number of ether oxygens (including phenoxy) is 1. The van der Waals surface area contributed by atoms with Crippen LogP contribution in [0, 0.1) is 0 Å². The Balaban J connectivity index is 3.75. The van der Waals surface area contributed by atoms with Crippen molar-refractivity contribution in [3.63, 3.8) is 0 Å². The molecular formula is C12H27N3O3. The van der Waals surface area contributed by atoms with Crippen LogP contribution in [-0.2, 0) is 4.74 Å². The molecule has 0 fully saturated rings. The van der Waals surface area contributed by atoms with E-state index in [1.807, 2.05) is 20.8 Å². The van der Waals surface area contributed by atoms with Crippen LogP contribution < -0.4 is 16.4 Å². The molecule has 0 aliphatic heterocycles. The first-order chi connectivity index (χ1) is 8.39. The molecular weight excluding hydrogens is 234 g/mol. The van der Waals surface area contributed by atoms with Crippen molar-refractivity contribution in [1.29, 1.82) is 0 Å². The number of unbranched alkanes of at least 4 members (excludes halogenated alkanes) is 1. The van der Waals surface area contributed by atoms with Crippen molar-refractivity contribution in [2.45, 2.75) is 45.3 Å². The Hall–Kier alpha value is -0.850. The number of nitrogens with two attached hydrogens (primary N) is 1. The number of hydrogen-bond donors (Lipinski definition) is 4. The van der Waals surface area contributed by atoms with E-state index >= 15 is 0 Å². The minimum absolute atomic E-state index is 0.0243. The highest BCUT2D eigenvalue weighted by atomic mass is 16.6. The van der Waals surface area contributed by atoms with Gasteiger partial charge in [-0.25, -0.2) is 4.79 Å². The normalized spacial score (nSPS) is 13.2. The molecule has 0 aromatic carbocycles. The number of aliphatic hydroxyl groups excluding tert-OH is 1. The summed E-state index contributed by atoms with van der Waals surface area (Å²) in [6.07, 6.45) is 1.22. The molecule has 0 spiro atoms. The standard InChI is InChI=1S/C12H27N3O3/c1-12(2,3)18-11(17)15-9-10(8-13)14-6-4-5-7-16/h10,14,16H,4-9,13H2,1-3H3,(H,15,17). The average Bonchev–Trinajstić information content (AvgIpc) is 2.26. The molecule has 6 heteroatoms. The van der Waals surface area contributed by atoms with Crippen molar-refractivity contribution in [2.75, 3.05) is 26.2 Å². The smallest absolute Gasteiger partial charge is 0.407 e. The Bertz CT molecular complexity index is 229. The summed E-state index contributed by atoms with van der Waals surface area (Å²) >= 11 is 0. The van der Waals surface area contributed by atoms with Gasteiger partial charge in [-0.2, -0.15) is 0 Å². The number of carbonyl (C=O) groups is 1. The highest BCUT2D eigenvalue weighted by molar-refractivity contribution is 5.67. The topological polar surface area (TPSA) is 96.6 Å². The molecule has 1 atom stereocenters. The maximum absolute atomic E-state index is 11.4. The van der Waals surface area contributed by atoms with Crippen LogP contribution in [0.25, 0.3) is 0 Å². The van der Waals surface area contributed by atoms with E-state index < -0.39 is 11.7 Å². The summed E-state index contributed by atoms with van der Waals surface area (Å²) in [5.74, 6) is 0. The Kier molecular flexibility index (Phi) is 8.70. The quantitative estimate of drug-likeness (QED) is 0.468. The molecule has 0 aliphatic carbocycles. The number of alkyl carbamates (subject to hydrolysis) is 1. The maximum atomic E-state index is 11.4. The minimum atomic E-state index is -0.489. The van der Waals surface area contributed by atoms with Gasteiger partial charge in [0.15, 0.2) is 0 Å². The number of hydrogen-bond acceptors (Lipinski definition) is 5. The predicted octanol–water partition coefficient (Wildman–Crippen LogP) is 0.201. The second-order valence-electron chi connectivity index (χ2n) is 5.20. The third kappa shape index (κ3) is 10.3. The fourth-order valence-corrected chi connectivity index (χ4v) is 1.30.